The molecule has 0 heterocycles. The van der Waals surface area contributed by atoms with E-state index in [2.05, 4.69) is 13.2 Å². The Morgan fingerprint density at radius 2 is 1.69 bits per heavy atom. The van der Waals surface area contributed by atoms with E-state index < -0.39 is 5.92 Å². The van der Waals surface area contributed by atoms with Gasteiger partial charge in [-0.05, 0) is 12.8 Å². The highest BCUT2D eigenvalue weighted by Crippen LogP contribution is 2.28. The summed E-state index contributed by atoms with van der Waals surface area (Å²) in [5, 5.41) is 0. The van der Waals surface area contributed by atoms with Crippen LogP contribution in [-0.2, 0) is 0 Å². The monoisotopic (exact) mass is 188 g/mol. The molecular weight excluding hydrogens is 170 g/mol. The molecule has 0 radical (unpaired) electrons. The lowest BCUT2D eigenvalue weighted by atomic mass is 9.99. The maximum absolute atomic E-state index is 12.9. The van der Waals surface area contributed by atoms with E-state index in [1.807, 2.05) is 6.92 Å². The van der Waals surface area contributed by atoms with E-state index in [0.29, 0.717) is 12.0 Å². The second-order valence-electron chi connectivity index (χ2n) is 3.42. The van der Waals surface area contributed by atoms with Crippen molar-refractivity contribution in [2.75, 3.05) is 0 Å². The maximum atomic E-state index is 12.9. The molecule has 0 aromatic rings. The molecule has 0 rings (SSSR count). The van der Waals surface area contributed by atoms with E-state index >= 15 is 0 Å². The van der Waals surface area contributed by atoms with Crippen LogP contribution in [0.5, 0.6) is 0 Å². The highest BCUT2D eigenvalue weighted by atomic mass is 19.3. The van der Waals surface area contributed by atoms with Gasteiger partial charge in [0, 0.05) is 12.8 Å². The van der Waals surface area contributed by atoms with Crippen molar-refractivity contribution >= 4 is 0 Å². The van der Waals surface area contributed by atoms with Crippen LogP contribution in [0.25, 0.3) is 0 Å². The Morgan fingerprint density at radius 1 is 1.15 bits per heavy atom. The molecule has 0 amide bonds. The van der Waals surface area contributed by atoms with Gasteiger partial charge in [0.25, 0.3) is 5.92 Å². The van der Waals surface area contributed by atoms with Crippen LogP contribution in [0.1, 0.15) is 39.5 Å². The largest absolute Gasteiger partial charge is 0.251 e. The molecule has 0 aromatic heterocycles. The van der Waals surface area contributed by atoms with Crippen LogP contribution in [0.2, 0.25) is 0 Å². The average Bonchev–Trinajstić information content (AvgIpc) is 2.03. The van der Waals surface area contributed by atoms with Gasteiger partial charge < -0.3 is 0 Å². The van der Waals surface area contributed by atoms with Crippen LogP contribution in [0.4, 0.5) is 8.78 Å². The molecule has 0 atom stereocenters. The van der Waals surface area contributed by atoms with Gasteiger partial charge in [0.2, 0.25) is 0 Å². The molecule has 76 valence electrons. The van der Waals surface area contributed by atoms with E-state index in [0.717, 1.165) is 12.0 Å². The van der Waals surface area contributed by atoms with Crippen molar-refractivity contribution in [3.63, 3.8) is 0 Å². The van der Waals surface area contributed by atoms with Crippen LogP contribution in [0.15, 0.2) is 24.3 Å². The van der Waals surface area contributed by atoms with Crippen LogP contribution >= 0.6 is 0 Å². The predicted molar refractivity (Wildman–Crippen MR) is 53.0 cm³/mol. The van der Waals surface area contributed by atoms with Gasteiger partial charge in [0.1, 0.15) is 0 Å². The zero-order valence-electron chi connectivity index (χ0n) is 8.50. The molecule has 0 nitrogen and oxygen atoms in total. The first kappa shape index (κ1) is 12.3. The third kappa shape index (κ3) is 5.56. The molecule has 0 saturated carbocycles. The summed E-state index contributed by atoms with van der Waals surface area (Å²) < 4.78 is 25.7. The predicted octanol–water partition coefficient (Wildman–Crippen LogP) is 4.33. The number of allylic oxidation sites excluding steroid dienone is 2. The first-order valence-corrected chi connectivity index (χ1v) is 4.62. The maximum Gasteiger partial charge on any atom is 0.251 e. The zero-order valence-corrected chi connectivity index (χ0v) is 8.50. The van der Waals surface area contributed by atoms with Crippen molar-refractivity contribution in [1.29, 1.82) is 0 Å². The Balaban J connectivity index is 3.94. The lowest BCUT2D eigenvalue weighted by Gasteiger charge is -2.15. The van der Waals surface area contributed by atoms with Gasteiger partial charge in [0.05, 0.1) is 0 Å². The molecule has 0 saturated heterocycles. The SMILES string of the molecule is C=C(CC)CC(=C)CC(F)(F)CC. The van der Waals surface area contributed by atoms with Crippen LogP contribution in [0, 0.1) is 0 Å². The van der Waals surface area contributed by atoms with Gasteiger partial charge in [-0.15, -0.1) is 0 Å². The third-order valence-electron chi connectivity index (χ3n) is 2.03. The molecule has 13 heavy (non-hydrogen) atoms. The highest BCUT2D eigenvalue weighted by molar-refractivity contribution is 5.10. The van der Waals surface area contributed by atoms with Gasteiger partial charge in [-0.2, -0.15) is 0 Å². The molecule has 2 heteroatoms. The first-order chi connectivity index (χ1) is 5.91. The van der Waals surface area contributed by atoms with Crippen molar-refractivity contribution in [3.05, 3.63) is 24.3 Å². The second kappa shape index (κ2) is 5.15. The lowest BCUT2D eigenvalue weighted by Crippen LogP contribution is -2.14. The number of alkyl halides is 2. The quantitative estimate of drug-likeness (QED) is 0.544. The molecule has 0 aromatic carbocycles. The van der Waals surface area contributed by atoms with Gasteiger partial charge in [-0.1, -0.05) is 38.2 Å². The molecule has 0 aliphatic carbocycles. The van der Waals surface area contributed by atoms with Crippen LogP contribution in [0.3, 0.4) is 0 Å². The summed E-state index contributed by atoms with van der Waals surface area (Å²) in [5.74, 6) is -2.59. The standard InChI is InChI=1S/C11H18F2/c1-5-9(3)7-10(4)8-11(12,13)6-2/h3-8H2,1-2H3. The molecule has 0 unspecified atom stereocenters. The Kier molecular flexibility index (Phi) is 4.89. The number of halogens is 2. The minimum absolute atomic E-state index is 0.120. The van der Waals surface area contributed by atoms with Gasteiger partial charge in [0.15, 0.2) is 0 Å². The van der Waals surface area contributed by atoms with Crippen LogP contribution in [-0.4, -0.2) is 5.92 Å². The van der Waals surface area contributed by atoms with Crippen molar-refractivity contribution in [1.82, 2.24) is 0 Å². The van der Waals surface area contributed by atoms with Gasteiger partial charge >= 0.3 is 0 Å². The van der Waals surface area contributed by atoms with Crippen molar-refractivity contribution in [3.8, 4) is 0 Å². The fraction of sp³-hybridized carbons (Fsp3) is 0.636. The summed E-state index contributed by atoms with van der Waals surface area (Å²) >= 11 is 0. The number of hydrogen-bond donors (Lipinski definition) is 0. The lowest BCUT2D eigenvalue weighted by molar-refractivity contribution is -0.00247. The topological polar surface area (TPSA) is 0 Å². The minimum atomic E-state index is -2.59. The third-order valence-corrected chi connectivity index (χ3v) is 2.03. The summed E-state index contributed by atoms with van der Waals surface area (Å²) in [7, 11) is 0. The smallest absolute Gasteiger partial charge is 0.207 e. The van der Waals surface area contributed by atoms with E-state index in [1.165, 1.54) is 6.92 Å². The first-order valence-electron chi connectivity index (χ1n) is 4.62. The summed E-state index contributed by atoms with van der Waals surface area (Å²) in [4.78, 5) is 0. The minimum Gasteiger partial charge on any atom is -0.207 e. The summed E-state index contributed by atoms with van der Waals surface area (Å²) in [5.41, 5.74) is 1.55. The van der Waals surface area contributed by atoms with E-state index in [4.69, 9.17) is 0 Å². The fourth-order valence-electron chi connectivity index (χ4n) is 1.03. The van der Waals surface area contributed by atoms with E-state index in [9.17, 15) is 8.78 Å². The van der Waals surface area contributed by atoms with E-state index in [-0.39, 0.29) is 12.8 Å². The Morgan fingerprint density at radius 3 is 2.08 bits per heavy atom. The molecule has 0 spiro atoms. The molecule has 0 bridgehead atoms. The molecule has 0 aliphatic rings. The molecule has 0 N–H and O–H groups in total. The summed E-state index contributed by atoms with van der Waals surface area (Å²) in [6.07, 6.45) is 1.04. The van der Waals surface area contributed by atoms with Gasteiger partial charge in [-0.3, -0.25) is 0 Å². The van der Waals surface area contributed by atoms with Crippen LogP contribution < -0.4 is 0 Å². The van der Waals surface area contributed by atoms with Crippen molar-refractivity contribution in [2.24, 2.45) is 0 Å². The van der Waals surface area contributed by atoms with Crippen molar-refractivity contribution in [2.45, 2.75) is 45.5 Å². The summed E-state index contributed by atoms with van der Waals surface area (Å²) in [6, 6.07) is 0. The molecule has 0 aliphatic heterocycles. The Labute approximate surface area is 79.3 Å². The fourth-order valence-corrected chi connectivity index (χ4v) is 1.03. The molecular formula is C11H18F2. The highest BCUT2D eigenvalue weighted by Gasteiger charge is 2.26. The Bertz CT molecular complexity index is 192. The Hall–Kier alpha value is -0.660. The van der Waals surface area contributed by atoms with Crippen molar-refractivity contribution < 1.29 is 8.78 Å². The number of rotatable bonds is 6. The number of hydrogen-bond acceptors (Lipinski definition) is 0. The molecule has 0 fully saturated rings. The normalized spacial score (nSPS) is 11.4. The summed E-state index contributed by atoms with van der Waals surface area (Å²) in [6.45, 7) is 10.9. The van der Waals surface area contributed by atoms with E-state index in [1.54, 1.807) is 0 Å². The average molecular weight is 188 g/mol. The second-order valence-corrected chi connectivity index (χ2v) is 3.42. The zero-order chi connectivity index (χ0) is 10.5. The van der Waals surface area contributed by atoms with Gasteiger partial charge in [-0.25, -0.2) is 8.78 Å².